The minimum absolute atomic E-state index is 0.00180. The minimum atomic E-state index is -1.57. The summed E-state index contributed by atoms with van der Waals surface area (Å²) in [4.78, 5) is 27.0. The van der Waals surface area contributed by atoms with Crippen molar-refractivity contribution in [2.45, 2.75) is 13.8 Å². The number of anilines is 1. The standard InChI is InChI=1S/C17H19ClFN5O5/c1-17(2,16(26)27)15(25)21-6-7-28-14-12(23-29-24-14)13(20-3)22-9-4-5-11(19)10(18)8-9/h4-5,8H,6-7H2,1-3H3,(H,20,22)(H,21,25)(H,26,27). The molecule has 0 aliphatic carbocycles. The van der Waals surface area contributed by atoms with Crippen LogP contribution in [0.3, 0.4) is 0 Å². The zero-order valence-electron chi connectivity index (χ0n) is 15.8. The average Bonchev–Trinajstić information content (AvgIpc) is 3.14. The van der Waals surface area contributed by atoms with E-state index in [2.05, 4.69) is 30.6 Å². The van der Waals surface area contributed by atoms with Gasteiger partial charge in [0.15, 0.2) is 5.84 Å². The van der Waals surface area contributed by atoms with Crippen molar-refractivity contribution in [2.24, 2.45) is 10.4 Å². The molecule has 0 spiro atoms. The van der Waals surface area contributed by atoms with Crippen LogP contribution in [0.1, 0.15) is 19.5 Å². The summed E-state index contributed by atoms with van der Waals surface area (Å²) < 4.78 is 23.4. The van der Waals surface area contributed by atoms with Crippen LogP contribution < -0.4 is 15.4 Å². The van der Waals surface area contributed by atoms with E-state index < -0.39 is 23.1 Å². The fourth-order valence-electron chi connectivity index (χ4n) is 1.98. The molecule has 29 heavy (non-hydrogen) atoms. The number of ether oxygens (including phenoxy) is 1. The lowest BCUT2D eigenvalue weighted by Gasteiger charge is -2.18. The molecule has 12 heteroatoms. The highest BCUT2D eigenvalue weighted by Crippen LogP contribution is 2.21. The Morgan fingerprint density at radius 1 is 1.38 bits per heavy atom. The lowest BCUT2D eigenvalue weighted by molar-refractivity contribution is -0.153. The van der Waals surface area contributed by atoms with Gasteiger partial charge in [-0.25, -0.2) is 9.02 Å². The quantitative estimate of drug-likeness (QED) is 0.251. The Morgan fingerprint density at radius 2 is 2.10 bits per heavy atom. The molecule has 0 fully saturated rings. The van der Waals surface area contributed by atoms with Crippen LogP contribution in [-0.4, -0.2) is 53.3 Å². The van der Waals surface area contributed by atoms with E-state index in [0.717, 1.165) is 0 Å². The van der Waals surface area contributed by atoms with Crippen LogP contribution in [-0.2, 0) is 9.59 Å². The summed E-state index contributed by atoms with van der Waals surface area (Å²) in [6.07, 6.45) is 0. The average molecular weight is 428 g/mol. The second-order valence-corrected chi connectivity index (χ2v) is 6.69. The molecular formula is C17H19ClFN5O5. The molecule has 0 saturated carbocycles. The largest absolute Gasteiger partial charge is 0.480 e. The number of amidine groups is 1. The third kappa shape index (κ3) is 5.41. The number of aliphatic carboxylic acids is 1. The zero-order valence-corrected chi connectivity index (χ0v) is 16.6. The number of carbonyl (C=O) groups is 2. The van der Waals surface area contributed by atoms with Crippen LogP contribution in [0.25, 0.3) is 0 Å². The second-order valence-electron chi connectivity index (χ2n) is 6.28. The first-order valence-corrected chi connectivity index (χ1v) is 8.71. The number of carboxylic acids is 1. The van der Waals surface area contributed by atoms with E-state index in [-0.39, 0.29) is 35.6 Å². The summed E-state index contributed by atoms with van der Waals surface area (Å²) in [6, 6.07) is 4.02. The van der Waals surface area contributed by atoms with Gasteiger partial charge >= 0.3 is 5.97 Å². The Morgan fingerprint density at radius 3 is 2.72 bits per heavy atom. The number of aliphatic imine (C=N–C) groups is 1. The number of aromatic nitrogens is 2. The first kappa shape index (κ1) is 22.1. The zero-order chi connectivity index (χ0) is 21.6. The number of hydrogen-bond acceptors (Lipinski definition) is 7. The summed E-state index contributed by atoms with van der Waals surface area (Å²) >= 11 is 5.76. The minimum Gasteiger partial charge on any atom is -0.480 e. The van der Waals surface area contributed by atoms with Gasteiger partial charge in [0, 0.05) is 12.7 Å². The highest BCUT2D eigenvalue weighted by molar-refractivity contribution is 6.31. The van der Waals surface area contributed by atoms with Crippen LogP contribution >= 0.6 is 11.6 Å². The first-order valence-electron chi connectivity index (χ1n) is 8.33. The topological polar surface area (TPSA) is 139 Å². The lowest BCUT2D eigenvalue weighted by Crippen LogP contribution is -2.43. The number of halogens is 2. The molecule has 2 aromatic rings. The maximum atomic E-state index is 13.3. The highest BCUT2D eigenvalue weighted by atomic mass is 35.5. The summed E-state index contributed by atoms with van der Waals surface area (Å²) in [5.74, 6) is -2.24. The Hall–Kier alpha value is -3.21. The molecule has 0 bridgehead atoms. The molecule has 1 aromatic carbocycles. The number of nitrogens with zero attached hydrogens (tertiary/aromatic N) is 3. The van der Waals surface area contributed by atoms with Gasteiger partial charge in [0.2, 0.25) is 11.6 Å². The molecule has 1 heterocycles. The molecule has 10 nitrogen and oxygen atoms in total. The van der Waals surface area contributed by atoms with Crippen LogP contribution in [0.5, 0.6) is 5.88 Å². The van der Waals surface area contributed by atoms with Gasteiger partial charge in [0.05, 0.1) is 11.6 Å². The summed E-state index contributed by atoms with van der Waals surface area (Å²) in [6.45, 7) is 2.59. The molecule has 3 N–H and O–H groups in total. The predicted octanol–water partition coefficient (Wildman–Crippen LogP) is 1.96. The fourth-order valence-corrected chi connectivity index (χ4v) is 2.16. The first-order chi connectivity index (χ1) is 13.7. The van der Waals surface area contributed by atoms with Gasteiger partial charge in [-0.2, -0.15) is 0 Å². The van der Waals surface area contributed by atoms with Gasteiger partial charge in [-0.15, -0.1) is 0 Å². The van der Waals surface area contributed by atoms with Crippen molar-refractivity contribution in [2.75, 3.05) is 25.5 Å². The predicted molar refractivity (Wildman–Crippen MR) is 102 cm³/mol. The third-order valence-corrected chi connectivity index (χ3v) is 4.11. The number of rotatable bonds is 8. The van der Waals surface area contributed by atoms with Crippen LogP contribution in [0.2, 0.25) is 5.02 Å². The van der Waals surface area contributed by atoms with E-state index in [4.69, 9.17) is 21.4 Å². The molecule has 1 amide bonds. The summed E-state index contributed by atoms with van der Waals surface area (Å²) in [5.41, 5.74) is -0.970. The van der Waals surface area contributed by atoms with E-state index >= 15 is 0 Å². The normalized spacial score (nSPS) is 11.8. The number of carbonyl (C=O) groups excluding carboxylic acids is 1. The molecule has 156 valence electrons. The van der Waals surface area contributed by atoms with E-state index in [9.17, 15) is 14.0 Å². The van der Waals surface area contributed by atoms with Crippen molar-refractivity contribution in [1.29, 1.82) is 0 Å². The number of benzene rings is 1. The number of nitrogens with one attached hydrogen (secondary N) is 2. The fraction of sp³-hybridized carbons (Fsp3) is 0.353. The van der Waals surface area contributed by atoms with Gasteiger partial charge in [-0.1, -0.05) is 11.6 Å². The maximum absolute atomic E-state index is 13.3. The molecule has 0 atom stereocenters. The second kappa shape index (κ2) is 9.32. The Balaban J connectivity index is 1.98. The van der Waals surface area contributed by atoms with Crippen molar-refractivity contribution in [3.05, 3.63) is 34.7 Å². The molecule has 0 unspecified atom stereocenters. The Bertz CT molecular complexity index is 931. The van der Waals surface area contributed by atoms with Crippen molar-refractivity contribution in [3.8, 4) is 5.88 Å². The molecule has 0 aliphatic rings. The van der Waals surface area contributed by atoms with Crippen LogP contribution in [0.4, 0.5) is 10.1 Å². The third-order valence-electron chi connectivity index (χ3n) is 3.82. The molecular weight excluding hydrogens is 409 g/mol. The monoisotopic (exact) mass is 427 g/mol. The van der Waals surface area contributed by atoms with E-state index in [1.54, 1.807) is 0 Å². The van der Waals surface area contributed by atoms with Crippen molar-refractivity contribution in [3.63, 3.8) is 0 Å². The number of carboxylic acid groups (broad SMARTS) is 1. The molecule has 0 aliphatic heterocycles. The van der Waals surface area contributed by atoms with E-state index in [1.165, 1.54) is 39.1 Å². The van der Waals surface area contributed by atoms with Gasteiger partial charge in [-0.05, 0) is 42.4 Å². The van der Waals surface area contributed by atoms with Crippen LogP contribution in [0, 0.1) is 11.2 Å². The highest BCUT2D eigenvalue weighted by Gasteiger charge is 2.35. The van der Waals surface area contributed by atoms with Gasteiger partial charge in [0.1, 0.15) is 17.8 Å². The maximum Gasteiger partial charge on any atom is 0.318 e. The summed E-state index contributed by atoms with van der Waals surface area (Å²) in [7, 11) is 1.49. The molecule has 0 radical (unpaired) electrons. The van der Waals surface area contributed by atoms with E-state index in [0.29, 0.717) is 5.69 Å². The van der Waals surface area contributed by atoms with Gasteiger partial charge in [0.25, 0.3) is 5.88 Å². The smallest absolute Gasteiger partial charge is 0.318 e. The number of amides is 1. The Kier molecular flexibility index (Phi) is 7.10. The van der Waals surface area contributed by atoms with Gasteiger partial charge < -0.3 is 20.5 Å². The molecule has 1 aromatic heterocycles. The van der Waals surface area contributed by atoms with Crippen molar-refractivity contribution in [1.82, 2.24) is 15.6 Å². The van der Waals surface area contributed by atoms with Crippen LogP contribution in [0.15, 0.2) is 27.8 Å². The number of hydrogen-bond donors (Lipinski definition) is 3. The summed E-state index contributed by atoms with van der Waals surface area (Å²) in [5, 5.41) is 21.7. The Labute approximate surface area is 170 Å². The molecule has 0 saturated heterocycles. The SMILES string of the molecule is C/N=C(\Nc1ccc(F)c(Cl)c1)c1nonc1OCCNC(=O)C(C)(C)C(=O)O. The van der Waals surface area contributed by atoms with E-state index in [1.807, 2.05) is 0 Å². The van der Waals surface area contributed by atoms with Crippen molar-refractivity contribution >= 4 is 35.0 Å². The van der Waals surface area contributed by atoms with Gasteiger partial charge in [-0.3, -0.25) is 14.6 Å². The molecule has 2 rings (SSSR count). The van der Waals surface area contributed by atoms with Crippen molar-refractivity contribution < 1.29 is 28.5 Å². The lowest BCUT2D eigenvalue weighted by atomic mass is 9.93.